The summed E-state index contributed by atoms with van der Waals surface area (Å²) in [5.74, 6) is 0.00652. The Kier molecular flexibility index (Phi) is 5.45. The molecule has 116 valence electrons. The van der Waals surface area contributed by atoms with Gasteiger partial charge in [0.05, 0.1) is 0 Å². The lowest BCUT2D eigenvalue weighted by Gasteiger charge is -2.16. The number of aliphatic carboxylic acids is 1. The summed E-state index contributed by atoms with van der Waals surface area (Å²) in [6.45, 7) is 4.22. The van der Waals surface area contributed by atoms with E-state index >= 15 is 0 Å². The fourth-order valence-corrected chi connectivity index (χ4v) is 2.24. The van der Waals surface area contributed by atoms with Crippen LogP contribution in [0.2, 0.25) is 5.02 Å². The molecule has 2 aromatic rings. The molecule has 22 heavy (non-hydrogen) atoms. The lowest BCUT2D eigenvalue weighted by Crippen LogP contribution is -2.29. The summed E-state index contributed by atoms with van der Waals surface area (Å²) in [5.41, 5.74) is 2.06. The molecule has 0 aliphatic heterocycles. The summed E-state index contributed by atoms with van der Waals surface area (Å²) in [5, 5.41) is 9.97. The van der Waals surface area contributed by atoms with Gasteiger partial charge in [0.15, 0.2) is 6.10 Å². The van der Waals surface area contributed by atoms with Crippen molar-refractivity contribution in [3.05, 3.63) is 64.7 Å². The molecular formula is C18H19ClO3. The van der Waals surface area contributed by atoms with Crippen LogP contribution in [0.25, 0.3) is 0 Å². The fourth-order valence-electron chi connectivity index (χ4n) is 2.11. The monoisotopic (exact) mass is 318 g/mol. The first-order chi connectivity index (χ1) is 10.5. The molecule has 0 aliphatic rings. The van der Waals surface area contributed by atoms with Gasteiger partial charge in [0, 0.05) is 11.4 Å². The number of benzene rings is 2. The molecule has 0 saturated carbocycles. The second-order valence-corrected chi connectivity index (χ2v) is 5.94. The van der Waals surface area contributed by atoms with Crippen molar-refractivity contribution in [1.29, 1.82) is 0 Å². The normalized spacial score (nSPS) is 12.2. The Bertz CT molecular complexity index is 618. The van der Waals surface area contributed by atoms with Crippen LogP contribution in [0.15, 0.2) is 48.5 Å². The third kappa shape index (κ3) is 4.50. The van der Waals surface area contributed by atoms with Gasteiger partial charge in [-0.15, -0.1) is 0 Å². The quantitative estimate of drug-likeness (QED) is 0.850. The van der Waals surface area contributed by atoms with Crippen molar-refractivity contribution in [3.63, 3.8) is 0 Å². The molecule has 1 N–H and O–H groups in total. The van der Waals surface area contributed by atoms with Crippen LogP contribution in [0.1, 0.15) is 30.9 Å². The van der Waals surface area contributed by atoms with Gasteiger partial charge in [-0.25, -0.2) is 4.79 Å². The van der Waals surface area contributed by atoms with E-state index in [9.17, 15) is 9.90 Å². The molecule has 2 aromatic carbocycles. The third-order valence-electron chi connectivity index (χ3n) is 3.43. The maximum Gasteiger partial charge on any atom is 0.345 e. The summed E-state index contributed by atoms with van der Waals surface area (Å²) >= 11 is 5.83. The molecule has 0 radical (unpaired) electrons. The van der Waals surface area contributed by atoms with E-state index in [0.29, 0.717) is 23.1 Å². The smallest absolute Gasteiger partial charge is 0.345 e. The van der Waals surface area contributed by atoms with E-state index in [2.05, 4.69) is 13.8 Å². The number of hydrogen-bond acceptors (Lipinski definition) is 2. The molecule has 0 saturated heterocycles. The Hall–Kier alpha value is -2.00. The SMILES string of the molecule is CC(C)c1ccc(OC(Cc2ccc(Cl)cc2)C(=O)O)cc1. The third-order valence-corrected chi connectivity index (χ3v) is 3.69. The number of hydrogen-bond donors (Lipinski definition) is 1. The molecule has 3 nitrogen and oxygen atoms in total. The topological polar surface area (TPSA) is 46.5 Å². The molecule has 0 aliphatic carbocycles. The highest BCUT2D eigenvalue weighted by Gasteiger charge is 2.20. The molecule has 2 rings (SSSR count). The minimum Gasteiger partial charge on any atom is -0.478 e. The first-order valence-electron chi connectivity index (χ1n) is 7.19. The van der Waals surface area contributed by atoms with Crippen LogP contribution in [0.5, 0.6) is 5.75 Å². The average Bonchev–Trinajstić information content (AvgIpc) is 2.49. The zero-order valence-corrected chi connectivity index (χ0v) is 13.4. The van der Waals surface area contributed by atoms with E-state index in [1.54, 1.807) is 12.1 Å². The van der Waals surface area contributed by atoms with Crippen molar-refractivity contribution in [2.75, 3.05) is 0 Å². The molecule has 0 heterocycles. The first kappa shape index (κ1) is 16.4. The lowest BCUT2D eigenvalue weighted by atomic mass is 10.0. The summed E-state index contributed by atoms with van der Waals surface area (Å²) < 4.78 is 5.61. The van der Waals surface area contributed by atoms with Crippen LogP contribution in [0.4, 0.5) is 0 Å². The van der Waals surface area contributed by atoms with Crippen LogP contribution < -0.4 is 4.74 Å². The van der Waals surface area contributed by atoms with E-state index in [1.165, 1.54) is 5.56 Å². The minimum absolute atomic E-state index is 0.290. The predicted octanol–water partition coefficient (Wildman–Crippen LogP) is 4.54. The highest BCUT2D eigenvalue weighted by atomic mass is 35.5. The Morgan fingerprint density at radius 3 is 2.18 bits per heavy atom. The molecule has 1 atom stereocenters. The number of halogens is 1. The van der Waals surface area contributed by atoms with Crippen LogP contribution in [0.3, 0.4) is 0 Å². The number of rotatable bonds is 6. The van der Waals surface area contributed by atoms with Crippen LogP contribution in [-0.4, -0.2) is 17.2 Å². The summed E-state index contributed by atoms with van der Waals surface area (Å²) in [4.78, 5) is 11.4. The maximum absolute atomic E-state index is 11.4. The summed E-state index contributed by atoms with van der Waals surface area (Å²) in [7, 11) is 0. The Morgan fingerprint density at radius 2 is 1.68 bits per heavy atom. The molecule has 1 unspecified atom stereocenters. The predicted molar refractivity (Wildman–Crippen MR) is 87.7 cm³/mol. The van der Waals surface area contributed by atoms with Gasteiger partial charge in [-0.2, -0.15) is 0 Å². The van der Waals surface area contributed by atoms with E-state index < -0.39 is 12.1 Å². The molecule has 0 spiro atoms. The van der Waals surface area contributed by atoms with Crippen molar-refractivity contribution in [1.82, 2.24) is 0 Å². The Morgan fingerprint density at radius 1 is 1.09 bits per heavy atom. The highest BCUT2D eigenvalue weighted by molar-refractivity contribution is 6.30. The van der Waals surface area contributed by atoms with Gasteiger partial charge in [-0.3, -0.25) is 0 Å². The Labute approximate surface area is 135 Å². The zero-order valence-electron chi connectivity index (χ0n) is 12.6. The average molecular weight is 319 g/mol. The standard InChI is InChI=1S/C18H19ClO3/c1-12(2)14-5-9-16(10-6-14)22-17(18(20)21)11-13-3-7-15(19)8-4-13/h3-10,12,17H,11H2,1-2H3,(H,20,21). The number of ether oxygens (including phenoxy) is 1. The van der Waals surface area contributed by atoms with E-state index in [4.69, 9.17) is 16.3 Å². The van der Waals surface area contributed by atoms with Crippen molar-refractivity contribution in [2.24, 2.45) is 0 Å². The van der Waals surface area contributed by atoms with Crippen LogP contribution >= 0.6 is 11.6 Å². The van der Waals surface area contributed by atoms with Crippen molar-refractivity contribution in [3.8, 4) is 5.75 Å². The molecule has 0 bridgehead atoms. The van der Waals surface area contributed by atoms with Crippen LogP contribution in [-0.2, 0) is 11.2 Å². The molecule has 4 heteroatoms. The number of carbonyl (C=O) groups is 1. The van der Waals surface area contributed by atoms with Gasteiger partial charge in [0.1, 0.15) is 5.75 Å². The van der Waals surface area contributed by atoms with E-state index in [-0.39, 0.29) is 0 Å². The van der Waals surface area contributed by atoms with Crippen molar-refractivity contribution in [2.45, 2.75) is 32.3 Å². The first-order valence-corrected chi connectivity index (χ1v) is 7.57. The molecule has 0 fully saturated rings. The van der Waals surface area contributed by atoms with Gasteiger partial charge in [0.25, 0.3) is 0 Å². The van der Waals surface area contributed by atoms with Crippen LogP contribution in [0, 0.1) is 0 Å². The molecular weight excluding hydrogens is 300 g/mol. The second kappa shape index (κ2) is 7.32. The van der Waals surface area contributed by atoms with Gasteiger partial charge in [-0.1, -0.05) is 49.7 Å². The lowest BCUT2D eigenvalue weighted by molar-refractivity contribution is -0.145. The highest BCUT2D eigenvalue weighted by Crippen LogP contribution is 2.20. The van der Waals surface area contributed by atoms with Gasteiger partial charge < -0.3 is 9.84 Å². The molecule has 0 aromatic heterocycles. The molecule has 0 amide bonds. The van der Waals surface area contributed by atoms with Crippen molar-refractivity contribution < 1.29 is 14.6 Å². The Balaban J connectivity index is 2.08. The zero-order chi connectivity index (χ0) is 16.1. The van der Waals surface area contributed by atoms with Gasteiger partial charge in [0.2, 0.25) is 0 Å². The fraction of sp³-hybridized carbons (Fsp3) is 0.278. The van der Waals surface area contributed by atoms with Gasteiger partial charge in [-0.05, 0) is 41.3 Å². The minimum atomic E-state index is -0.983. The number of carboxylic acids is 1. The van der Waals surface area contributed by atoms with Gasteiger partial charge >= 0.3 is 5.97 Å². The summed E-state index contributed by atoms with van der Waals surface area (Å²) in [6, 6.07) is 14.6. The van der Waals surface area contributed by atoms with E-state index in [0.717, 1.165) is 5.56 Å². The summed E-state index contributed by atoms with van der Waals surface area (Å²) in [6.07, 6.45) is -0.635. The second-order valence-electron chi connectivity index (χ2n) is 5.50. The maximum atomic E-state index is 11.4. The largest absolute Gasteiger partial charge is 0.478 e. The number of carboxylic acid groups (broad SMARTS) is 1. The van der Waals surface area contributed by atoms with E-state index in [1.807, 2.05) is 36.4 Å². The van der Waals surface area contributed by atoms with Crippen molar-refractivity contribution >= 4 is 17.6 Å².